The van der Waals surface area contributed by atoms with Gasteiger partial charge in [0.15, 0.2) is 11.5 Å². The summed E-state index contributed by atoms with van der Waals surface area (Å²) < 4.78 is 45.0. The molecular formula is C27H24N4O5S. The van der Waals surface area contributed by atoms with Gasteiger partial charge in [-0.25, -0.2) is 22.4 Å². The van der Waals surface area contributed by atoms with E-state index in [0.717, 1.165) is 0 Å². The second-order valence-electron chi connectivity index (χ2n) is 8.08. The zero-order chi connectivity index (χ0) is 26.2. The largest absolute Gasteiger partial charge is 0.493 e. The predicted octanol–water partition coefficient (Wildman–Crippen LogP) is 4.61. The average Bonchev–Trinajstić information content (AvgIpc) is 3.33. The van der Waals surface area contributed by atoms with Crippen LogP contribution in [-0.4, -0.2) is 43.7 Å². The first-order valence-corrected chi connectivity index (χ1v) is 12.7. The van der Waals surface area contributed by atoms with E-state index in [9.17, 15) is 8.42 Å². The van der Waals surface area contributed by atoms with Gasteiger partial charge >= 0.3 is 0 Å². The highest BCUT2D eigenvalue weighted by atomic mass is 32.2. The predicted molar refractivity (Wildman–Crippen MR) is 141 cm³/mol. The van der Waals surface area contributed by atoms with Gasteiger partial charge in [0.25, 0.3) is 10.0 Å². The fraction of sp³-hybridized carbons (Fsp3) is 0.111. The molecule has 3 aromatic carbocycles. The third kappa shape index (κ3) is 4.11. The average molecular weight is 517 g/mol. The van der Waals surface area contributed by atoms with Gasteiger partial charge in [-0.05, 0) is 30.3 Å². The van der Waals surface area contributed by atoms with Crippen LogP contribution in [0, 0.1) is 0 Å². The third-order valence-corrected chi connectivity index (χ3v) is 7.70. The van der Waals surface area contributed by atoms with Crippen molar-refractivity contribution in [3.8, 4) is 39.6 Å². The molecule has 0 unspecified atom stereocenters. The van der Waals surface area contributed by atoms with Gasteiger partial charge in [0.05, 0.1) is 37.4 Å². The second kappa shape index (κ2) is 9.47. The van der Waals surface area contributed by atoms with Crippen LogP contribution in [-0.2, 0) is 10.0 Å². The summed E-state index contributed by atoms with van der Waals surface area (Å²) in [6.07, 6.45) is 3.17. The Labute approximate surface area is 214 Å². The molecular weight excluding hydrogens is 492 g/mol. The first-order chi connectivity index (χ1) is 17.9. The zero-order valence-corrected chi connectivity index (χ0v) is 21.2. The number of nitrogens with zero attached hydrogens (tertiary/aromatic N) is 3. The molecule has 0 spiro atoms. The Kier molecular flexibility index (Phi) is 6.18. The summed E-state index contributed by atoms with van der Waals surface area (Å²) in [5.74, 6) is 1.37. The van der Waals surface area contributed by atoms with Crippen molar-refractivity contribution >= 4 is 26.9 Å². The third-order valence-electron chi connectivity index (χ3n) is 6.01. The van der Waals surface area contributed by atoms with Crippen molar-refractivity contribution < 1.29 is 22.6 Å². The zero-order valence-electron chi connectivity index (χ0n) is 20.4. The lowest BCUT2D eigenvalue weighted by molar-refractivity contribution is 0.324. The van der Waals surface area contributed by atoms with Crippen LogP contribution in [0.25, 0.3) is 33.3 Å². The summed E-state index contributed by atoms with van der Waals surface area (Å²) in [6, 6.07) is 19.1. The normalized spacial score (nSPS) is 11.4. The van der Waals surface area contributed by atoms with Gasteiger partial charge in [0.1, 0.15) is 0 Å². The fourth-order valence-electron chi connectivity index (χ4n) is 4.30. The van der Waals surface area contributed by atoms with E-state index in [2.05, 4.69) is 9.97 Å². The van der Waals surface area contributed by atoms with Crippen LogP contribution in [0.2, 0.25) is 0 Å². The van der Waals surface area contributed by atoms with Crippen molar-refractivity contribution in [1.29, 1.82) is 0 Å². The molecule has 9 nitrogen and oxygen atoms in total. The molecule has 5 aromatic rings. The highest BCUT2D eigenvalue weighted by Crippen LogP contribution is 2.44. The Hall–Kier alpha value is -4.57. The molecule has 0 fully saturated rings. The minimum atomic E-state index is -3.87. The number of fused-ring (bicyclic) bond motifs is 1. The molecule has 0 aliphatic rings. The molecule has 0 bridgehead atoms. The van der Waals surface area contributed by atoms with E-state index in [1.165, 1.54) is 25.3 Å². The number of rotatable bonds is 7. The van der Waals surface area contributed by atoms with E-state index in [4.69, 9.17) is 19.9 Å². The Morgan fingerprint density at radius 2 is 1.49 bits per heavy atom. The van der Waals surface area contributed by atoms with Gasteiger partial charge in [0.2, 0.25) is 11.7 Å². The molecule has 5 rings (SSSR count). The topological polar surface area (TPSA) is 119 Å². The number of para-hydroxylation sites is 1. The monoisotopic (exact) mass is 516 g/mol. The molecule has 0 amide bonds. The van der Waals surface area contributed by atoms with Crippen LogP contribution < -0.4 is 19.9 Å². The fourth-order valence-corrected chi connectivity index (χ4v) is 5.69. The standard InChI is InChI=1S/C27H24N4O5S/c1-34-23-13-17(14-24(35-2)26(23)36-3)25-20(15-29-27(28)30-25)21-16-31(22-12-8-7-11-19(21)22)37(32,33)18-9-5-4-6-10-18/h4-16H,1-3H3,(H2,28,29,30). The number of hydrogen-bond acceptors (Lipinski definition) is 8. The maximum Gasteiger partial charge on any atom is 0.268 e. The summed E-state index contributed by atoms with van der Waals surface area (Å²) in [7, 11) is 0.702. The van der Waals surface area contributed by atoms with Gasteiger partial charge in [-0.15, -0.1) is 0 Å². The number of aromatic nitrogens is 3. The maximum atomic E-state index is 13.6. The van der Waals surface area contributed by atoms with Crippen molar-refractivity contribution in [2.75, 3.05) is 27.1 Å². The minimum absolute atomic E-state index is 0.0631. The van der Waals surface area contributed by atoms with Gasteiger partial charge in [-0.1, -0.05) is 36.4 Å². The van der Waals surface area contributed by atoms with Crippen molar-refractivity contribution in [2.24, 2.45) is 0 Å². The van der Waals surface area contributed by atoms with Crippen molar-refractivity contribution in [2.45, 2.75) is 4.90 Å². The minimum Gasteiger partial charge on any atom is -0.493 e. The number of hydrogen-bond donors (Lipinski definition) is 1. The summed E-state index contributed by atoms with van der Waals surface area (Å²) >= 11 is 0. The second-order valence-corrected chi connectivity index (χ2v) is 9.89. The quantitative estimate of drug-likeness (QED) is 0.333. The first kappa shape index (κ1) is 24.1. The van der Waals surface area contributed by atoms with Crippen molar-refractivity contribution in [3.05, 3.63) is 79.1 Å². The Bertz CT molecular complexity index is 1690. The SMILES string of the molecule is COc1cc(-c2nc(N)ncc2-c2cn(S(=O)(=O)c3ccccc3)c3ccccc23)cc(OC)c1OC. The van der Waals surface area contributed by atoms with Crippen LogP contribution in [0.4, 0.5) is 5.95 Å². The van der Waals surface area contributed by atoms with Crippen LogP contribution in [0.3, 0.4) is 0 Å². The molecule has 0 aliphatic heterocycles. The number of anilines is 1. The molecule has 37 heavy (non-hydrogen) atoms. The Balaban J connectivity index is 1.79. The molecule has 188 valence electrons. The first-order valence-electron chi connectivity index (χ1n) is 11.2. The molecule has 2 aromatic heterocycles. The van der Waals surface area contributed by atoms with Gasteiger partial charge < -0.3 is 19.9 Å². The van der Waals surface area contributed by atoms with Crippen LogP contribution in [0.15, 0.2) is 84.0 Å². The summed E-state index contributed by atoms with van der Waals surface area (Å²) in [5, 5.41) is 0.712. The number of benzene rings is 3. The smallest absolute Gasteiger partial charge is 0.268 e. The van der Waals surface area contributed by atoms with Gasteiger partial charge in [-0.2, -0.15) is 0 Å². The van der Waals surface area contributed by atoms with E-state index in [1.54, 1.807) is 67.0 Å². The van der Waals surface area contributed by atoms with Gasteiger partial charge in [0, 0.05) is 34.5 Å². The van der Waals surface area contributed by atoms with E-state index in [-0.39, 0.29) is 10.8 Å². The van der Waals surface area contributed by atoms with Crippen LogP contribution in [0.5, 0.6) is 17.2 Å². The summed E-state index contributed by atoms with van der Waals surface area (Å²) in [6.45, 7) is 0. The Morgan fingerprint density at radius 1 is 0.838 bits per heavy atom. The molecule has 2 N–H and O–H groups in total. The Morgan fingerprint density at radius 3 is 2.14 bits per heavy atom. The number of methoxy groups -OCH3 is 3. The highest BCUT2D eigenvalue weighted by molar-refractivity contribution is 7.90. The highest BCUT2D eigenvalue weighted by Gasteiger charge is 2.24. The molecule has 0 atom stereocenters. The molecule has 0 saturated carbocycles. The summed E-state index contributed by atoms with van der Waals surface area (Å²) in [4.78, 5) is 8.92. The molecule has 2 heterocycles. The lowest BCUT2D eigenvalue weighted by Gasteiger charge is -2.15. The lowest BCUT2D eigenvalue weighted by Crippen LogP contribution is -2.11. The van der Waals surface area contributed by atoms with Crippen molar-refractivity contribution in [3.63, 3.8) is 0 Å². The maximum absolute atomic E-state index is 13.6. The summed E-state index contributed by atoms with van der Waals surface area (Å²) in [5.41, 5.74) is 8.83. The van der Waals surface area contributed by atoms with E-state index < -0.39 is 10.0 Å². The number of nitrogen functional groups attached to an aromatic ring is 1. The molecule has 10 heteroatoms. The number of ether oxygens (including phenoxy) is 3. The molecule has 0 radical (unpaired) electrons. The van der Waals surface area contributed by atoms with Crippen LogP contribution in [0.1, 0.15) is 0 Å². The van der Waals surface area contributed by atoms with Crippen LogP contribution >= 0.6 is 0 Å². The number of nitrogens with two attached hydrogens (primary N) is 1. The van der Waals surface area contributed by atoms with E-state index >= 15 is 0 Å². The van der Waals surface area contributed by atoms with Gasteiger partial charge in [-0.3, -0.25) is 0 Å². The van der Waals surface area contributed by atoms with Crippen molar-refractivity contribution in [1.82, 2.24) is 13.9 Å². The molecule has 0 aliphatic carbocycles. The van der Waals surface area contributed by atoms with E-state index in [1.807, 2.05) is 12.1 Å². The molecule has 0 saturated heterocycles. The van der Waals surface area contributed by atoms with E-state index in [0.29, 0.717) is 50.5 Å². The lowest BCUT2D eigenvalue weighted by atomic mass is 9.99.